The summed E-state index contributed by atoms with van der Waals surface area (Å²) in [6.45, 7) is 0. The molecule has 0 fully saturated rings. The van der Waals surface area contributed by atoms with Crippen molar-refractivity contribution < 1.29 is 19.7 Å². The van der Waals surface area contributed by atoms with Gasteiger partial charge in [-0.25, -0.2) is 0 Å². The molecule has 1 atom stereocenters. The molecule has 1 heterocycles. The van der Waals surface area contributed by atoms with Crippen molar-refractivity contribution in [3.63, 3.8) is 0 Å². The number of hydrogen-bond donors (Lipinski definition) is 2. The summed E-state index contributed by atoms with van der Waals surface area (Å²) >= 11 is 0. The van der Waals surface area contributed by atoms with Crippen LogP contribution < -0.4 is 4.74 Å². The average molecular weight is 185 g/mol. The van der Waals surface area contributed by atoms with Gasteiger partial charge >= 0.3 is 0 Å². The van der Waals surface area contributed by atoms with Gasteiger partial charge in [0.1, 0.15) is 0 Å². The van der Waals surface area contributed by atoms with Gasteiger partial charge in [-0.15, -0.1) is 0 Å². The van der Waals surface area contributed by atoms with Crippen molar-refractivity contribution >= 4 is 0 Å². The normalized spacial score (nSPS) is 12.5. The minimum absolute atomic E-state index is 0.0745. The number of aromatic hydroxyl groups is 1. The van der Waals surface area contributed by atoms with E-state index in [1.807, 2.05) is 0 Å². The number of nitrogens with zero attached hydrogens (tertiary/aromatic N) is 1. The maximum Gasteiger partial charge on any atom is 0.198 e. The zero-order valence-corrected chi connectivity index (χ0v) is 7.39. The third-order valence-electron chi connectivity index (χ3n) is 1.56. The van der Waals surface area contributed by atoms with Gasteiger partial charge in [0.15, 0.2) is 17.8 Å². The quantitative estimate of drug-likeness (QED) is 0.668. The molecule has 72 valence electrons. The van der Waals surface area contributed by atoms with E-state index in [0.29, 0.717) is 0 Å². The van der Waals surface area contributed by atoms with Crippen LogP contribution in [0.2, 0.25) is 0 Å². The molecule has 1 aromatic rings. The summed E-state index contributed by atoms with van der Waals surface area (Å²) in [6, 6.07) is 1.41. The van der Waals surface area contributed by atoms with Crippen LogP contribution in [0.4, 0.5) is 0 Å². The van der Waals surface area contributed by atoms with Crippen molar-refractivity contribution in [1.82, 2.24) is 4.98 Å². The van der Waals surface area contributed by atoms with Gasteiger partial charge < -0.3 is 19.7 Å². The molecule has 0 aliphatic carbocycles. The number of aliphatic hydroxyl groups excluding tert-OH is 1. The lowest BCUT2D eigenvalue weighted by molar-refractivity contribution is -0.0800. The molecule has 0 aliphatic rings. The van der Waals surface area contributed by atoms with Crippen molar-refractivity contribution in [2.45, 2.75) is 6.29 Å². The monoisotopic (exact) mass is 185 g/mol. The van der Waals surface area contributed by atoms with E-state index < -0.39 is 6.29 Å². The van der Waals surface area contributed by atoms with E-state index in [2.05, 4.69) is 9.72 Å². The minimum atomic E-state index is -1.10. The van der Waals surface area contributed by atoms with E-state index in [0.717, 1.165) is 0 Å². The second-order valence-electron chi connectivity index (χ2n) is 2.37. The highest BCUT2D eigenvalue weighted by Gasteiger charge is 2.10. The summed E-state index contributed by atoms with van der Waals surface area (Å²) in [7, 11) is 2.77. The molecule has 0 spiro atoms. The molecule has 13 heavy (non-hydrogen) atoms. The zero-order chi connectivity index (χ0) is 9.84. The van der Waals surface area contributed by atoms with Gasteiger partial charge in [-0.3, -0.25) is 4.98 Å². The largest absolute Gasteiger partial charge is 0.503 e. The van der Waals surface area contributed by atoms with Crippen LogP contribution in [-0.2, 0) is 4.74 Å². The molecule has 1 rings (SSSR count). The Balaban J connectivity index is 2.99. The molecule has 0 bridgehead atoms. The molecule has 0 aliphatic heterocycles. The first kappa shape index (κ1) is 9.76. The third-order valence-corrected chi connectivity index (χ3v) is 1.56. The molecule has 0 radical (unpaired) electrons. The SMILES string of the molecule is COc1cc(C(O)OC)ncc1O. The highest BCUT2D eigenvalue weighted by Crippen LogP contribution is 2.26. The lowest BCUT2D eigenvalue weighted by Crippen LogP contribution is -2.02. The summed E-state index contributed by atoms with van der Waals surface area (Å²) in [5.41, 5.74) is 0.289. The summed E-state index contributed by atoms with van der Waals surface area (Å²) in [5.74, 6) is 0.177. The van der Waals surface area contributed by atoms with Gasteiger partial charge in [0, 0.05) is 13.2 Å². The van der Waals surface area contributed by atoms with Crippen LogP contribution in [0.15, 0.2) is 12.3 Å². The molecule has 0 amide bonds. The summed E-state index contributed by atoms with van der Waals surface area (Å²) in [6.07, 6.45) is 0.0886. The van der Waals surface area contributed by atoms with Crippen molar-refractivity contribution in [1.29, 1.82) is 0 Å². The Morgan fingerprint density at radius 3 is 2.69 bits per heavy atom. The standard InChI is InChI=1S/C8H11NO4/c1-12-7-3-5(8(11)13-2)9-4-6(7)10/h3-4,8,10-11H,1-2H3. The molecule has 5 nitrogen and oxygen atoms in total. The van der Waals surface area contributed by atoms with Crippen LogP contribution in [0, 0.1) is 0 Å². The molecule has 2 N–H and O–H groups in total. The first-order valence-corrected chi connectivity index (χ1v) is 3.62. The number of aromatic nitrogens is 1. The van der Waals surface area contributed by atoms with Crippen molar-refractivity contribution in [2.75, 3.05) is 14.2 Å². The summed E-state index contributed by atoms with van der Waals surface area (Å²) in [5, 5.41) is 18.4. The second kappa shape index (κ2) is 4.06. The lowest BCUT2D eigenvalue weighted by atomic mass is 10.3. The van der Waals surface area contributed by atoms with E-state index >= 15 is 0 Å². The topological polar surface area (TPSA) is 71.8 Å². The van der Waals surface area contributed by atoms with Crippen LogP contribution in [0.25, 0.3) is 0 Å². The Labute approximate surface area is 75.6 Å². The molecule has 5 heteroatoms. The molecule has 1 unspecified atom stereocenters. The van der Waals surface area contributed by atoms with Gasteiger partial charge in [0.2, 0.25) is 0 Å². The Hall–Kier alpha value is -1.33. The van der Waals surface area contributed by atoms with Crippen molar-refractivity contribution in [2.24, 2.45) is 0 Å². The predicted molar refractivity (Wildman–Crippen MR) is 44.4 cm³/mol. The van der Waals surface area contributed by atoms with Crippen LogP contribution in [0.3, 0.4) is 0 Å². The maximum absolute atomic E-state index is 9.22. The van der Waals surface area contributed by atoms with Crippen molar-refractivity contribution in [3.05, 3.63) is 18.0 Å². The van der Waals surface area contributed by atoms with Gasteiger partial charge in [0.25, 0.3) is 0 Å². The van der Waals surface area contributed by atoms with Crippen LogP contribution in [-0.4, -0.2) is 29.4 Å². The Kier molecular flexibility index (Phi) is 3.05. The van der Waals surface area contributed by atoms with Gasteiger partial charge in [0.05, 0.1) is 19.0 Å². The fourth-order valence-corrected chi connectivity index (χ4v) is 0.864. The molecule has 0 aromatic carbocycles. The second-order valence-corrected chi connectivity index (χ2v) is 2.37. The number of aliphatic hydroxyl groups is 1. The smallest absolute Gasteiger partial charge is 0.198 e. The van der Waals surface area contributed by atoms with E-state index in [-0.39, 0.29) is 17.2 Å². The summed E-state index contributed by atoms with van der Waals surface area (Å²) in [4.78, 5) is 3.75. The van der Waals surface area contributed by atoms with Gasteiger partial charge in [-0.05, 0) is 0 Å². The first-order chi connectivity index (χ1) is 6.19. The highest BCUT2D eigenvalue weighted by atomic mass is 16.6. The lowest BCUT2D eigenvalue weighted by Gasteiger charge is -2.09. The van der Waals surface area contributed by atoms with Crippen LogP contribution in [0.5, 0.6) is 11.5 Å². The molecule has 1 aromatic heterocycles. The Morgan fingerprint density at radius 2 is 2.15 bits per heavy atom. The Bertz CT molecular complexity index is 289. The molecule has 0 saturated heterocycles. The molecule has 0 saturated carbocycles. The number of hydrogen-bond acceptors (Lipinski definition) is 5. The Morgan fingerprint density at radius 1 is 1.46 bits per heavy atom. The van der Waals surface area contributed by atoms with Crippen LogP contribution >= 0.6 is 0 Å². The third kappa shape index (κ3) is 2.07. The average Bonchev–Trinajstić information content (AvgIpc) is 2.17. The van der Waals surface area contributed by atoms with E-state index in [1.165, 1.54) is 26.5 Å². The van der Waals surface area contributed by atoms with E-state index in [9.17, 15) is 10.2 Å². The molecular formula is C8H11NO4. The van der Waals surface area contributed by atoms with Crippen molar-refractivity contribution in [3.8, 4) is 11.5 Å². The highest BCUT2D eigenvalue weighted by molar-refractivity contribution is 5.37. The number of pyridine rings is 1. The molecular weight excluding hydrogens is 174 g/mol. The maximum atomic E-state index is 9.22. The number of rotatable bonds is 3. The van der Waals surface area contributed by atoms with E-state index in [4.69, 9.17) is 4.74 Å². The van der Waals surface area contributed by atoms with E-state index in [1.54, 1.807) is 0 Å². The zero-order valence-electron chi connectivity index (χ0n) is 7.39. The minimum Gasteiger partial charge on any atom is -0.503 e. The van der Waals surface area contributed by atoms with Gasteiger partial charge in [-0.2, -0.15) is 0 Å². The fourth-order valence-electron chi connectivity index (χ4n) is 0.864. The first-order valence-electron chi connectivity index (χ1n) is 3.62. The predicted octanol–water partition coefficient (Wildman–Crippen LogP) is 0.433. The number of methoxy groups -OCH3 is 2. The summed E-state index contributed by atoms with van der Waals surface area (Å²) < 4.78 is 9.46. The van der Waals surface area contributed by atoms with Gasteiger partial charge in [-0.1, -0.05) is 0 Å². The van der Waals surface area contributed by atoms with Crippen LogP contribution in [0.1, 0.15) is 12.0 Å². The fraction of sp³-hybridized carbons (Fsp3) is 0.375. The number of ether oxygens (including phenoxy) is 2.